The van der Waals surface area contributed by atoms with Crippen LogP contribution >= 0.6 is 11.8 Å². The molecule has 3 fully saturated rings. The predicted molar refractivity (Wildman–Crippen MR) is 80.2 cm³/mol. The molecule has 1 spiro atoms. The number of piperidine rings is 1. The fourth-order valence-electron chi connectivity index (χ4n) is 3.94. The van der Waals surface area contributed by atoms with E-state index in [1.54, 1.807) is 0 Å². The van der Waals surface area contributed by atoms with E-state index in [9.17, 15) is 9.90 Å². The van der Waals surface area contributed by atoms with E-state index in [1.165, 1.54) is 5.75 Å². The molecule has 0 aromatic carbocycles. The van der Waals surface area contributed by atoms with E-state index in [4.69, 9.17) is 4.74 Å². The summed E-state index contributed by atoms with van der Waals surface area (Å²) in [5.74, 6) is 1.69. The van der Waals surface area contributed by atoms with Gasteiger partial charge in [-0.05, 0) is 51.3 Å². The van der Waals surface area contributed by atoms with Crippen LogP contribution in [0.2, 0.25) is 0 Å². The van der Waals surface area contributed by atoms with Crippen LogP contribution in [-0.4, -0.2) is 58.8 Å². The van der Waals surface area contributed by atoms with Gasteiger partial charge in [0.2, 0.25) is 0 Å². The third kappa shape index (κ3) is 2.72. The van der Waals surface area contributed by atoms with Crippen molar-refractivity contribution in [1.29, 1.82) is 0 Å². The van der Waals surface area contributed by atoms with Crippen LogP contribution in [0.25, 0.3) is 0 Å². The Morgan fingerprint density at radius 1 is 1.45 bits per heavy atom. The molecule has 114 valence electrons. The van der Waals surface area contributed by atoms with Gasteiger partial charge in [0, 0.05) is 24.9 Å². The summed E-state index contributed by atoms with van der Waals surface area (Å²) in [4.78, 5) is 13.9. The van der Waals surface area contributed by atoms with Crippen molar-refractivity contribution >= 4 is 17.7 Å². The molecule has 3 atom stereocenters. The summed E-state index contributed by atoms with van der Waals surface area (Å²) in [5, 5.41) is 9.46. The Morgan fingerprint density at radius 2 is 2.30 bits per heavy atom. The Kier molecular flexibility index (Phi) is 4.04. The van der Waals surface area contributed by atoms with Gasteiger partial charge in [-0.25, -0.2) is 0 Å². The molecule has 0 aromatic rings. The first-order chi connectivity index (χ1) is 9.53. The quantitative estimate of drug-likeness (QED) is 0.847. The first-order valence-electron chi connectivity index (χ1n) is 7.72. The zero-order chi connectivity index (χ0) is 14.2. The number of hydrogen-bond donors (Lipinski definition) is 1. The van der Waals surface area contributed by atoms with Crippen LogP contribution < -0.4 is 0 Å². The molecule has 4 nitrogen and oxygen atoms in total. The summed E-state index contributed by atoms with van der Waals surface area (Å²) in [6, 6.07) is 0.515. The Balaban J connectivity index is 1.67. The van der Waals surface area contributed by atoms with Crippen LogP contribution in [0.4, 0.5) is 0 Å². The lowest BCUT2D eigenvalue weighted by molar-refractivity contribution is -0.153. The van der Waals surface area contributed by atoms with E-state index in [0.29, 0.717) is 12.6 Å². The average molecular weight is 299 g/mol. The highest BCUT2D eigenvalue weighted by Gasteiger charge is 2.45. The van der Waals surface area contributed by atoms with Gasteiger partial charge in [0.25, 0.3) is 0 Å². The fourth-order valence-corrected chi connectivity index (χ4v) is 5.32. The van der Waals surface area contributed by atoms with E-state index >= 15 is 0 Å². The molecule has 0 radical (unpaired) electrons. The number of thioether (sulfide) groups is 1. The van der Waals surface area contributed by atoms with Crippen LogP contribution in [0, 0.1) is 5.41 Å². The number of rotatable bonds is 2. The molecule has 1 N–H and O–H groups in total. The molecular weight excluding hydrogens is 274 g/mol. The maximum atomic E-state index is 11.5. The minimum atomic E-state index is -0.639. The molecule has 0 bridgehead atoms. The van der Waals surface area contributed by atoms with Crippen molar-refractivity contribution in [3.05, 3.63) is 0 Å². The molecule has 3 aliphatic heterocycles. The molecule has 0 aromatic heterocycles. The Bertz CT molecular complexity index is 383. The zero-order valence-electron chi connectivity index (χ0n) is 12.3. The fraction of sp³-hybridized carbons (Fsp3) is 0.933. The van der Waals surface area contributed by atoms with Crippen LogP contribution in [0.1, 0.15) is 39.0 Å². The summed E-state index contributed by atoms with van der Waals surface area (Å²) >= 11 is 2.00. The van der Waals surface area contributed by atoms with Gasteiger partial charge >= 0.3 is 5.97 Å². The van der Waals surface area contributed by atoms with E-state index < -0.39 is 11.4 Å². The number of nitrogens with zero attached hydrogens (tertiary/aromatic N) is 1. The van der Waals surface area contributed by atoms with Crippen molar-refractivity contribution in [2.24, 2.45) is 5.41 Å². The third-order valence-corrected chi connectivity index (χ3v) is 6.52. The number of aliphatic carboxylic acids is 1. The summed E-state index contributed by atoms with van der Waals surface area (Å²) in [6.45, 7) is 4.50. The van der Waals surface area contributed by atoms with Gasteiger partial charge in [0.1, 0.15) is 0 Å². The molecule has 20 heavy (non-hydrogen) atoms. The van der Waals surface area contributed by atoms with Gasteiger partial charge < -0.3 is 9.84 Å². The minimum absolute atomic E-state index is 0.0880. The van der Waals surface area contributed by atoms with Gasteiger partial charge in [-0.2, -0.15) is 11.8 Å². The Morgan fingerprint density at radius 3 is 3.00 bits per heavy atom. The second-order valence-electron chi connectivity index (χ2n) is 6.92. The molecule has 0 amide bonds. The molecular formula is C15H25NO3S. The van der Waals surface area contributed by atoms with Crippen molar-refractivity contribution in [2.45, 2.75) is 50.7 Å². The summed E-state index contributed by atoms with van der Waals surface area (Å²) < 4.78 is 6.08. The van der Waals surface area contributed by atoms with Gasteiger partial charge in [-0.15, -0.1) is 0 Å². The molecule has 0 saturated carbocycles. The molecule has 3 saturated heterocycles. The summed E-state index contributed by atoms with van der Waals surface area (Å²) in [6.07, 6.45) is 5.13. The second-order valence-corrected chi connectivity index (χ2v) is 8.03. The normalized spacial score (nSPS) is 43.0. The van der Waals surface area contributed by atoms with Crippen LogP contribution in [-0.2, 0) is 9.53 Å². The third-order valence-electron chi connectivity index (χ3n) is 5.29. The van der Waals surface area contributed by atoms with Gasteiger partial charge in [-0.1, -0.05) is 0 Å². The van der Waals surface area contributed by atoms with E-state index in [0.717, 1.165) is 51.0 Å². The predicted octanol–water partition coefficient (Wildman–Crippen LogP) is 2.23. The lowest BCUT2D eigenvalue weighted by Gasteiger charge is -2.47. The largest absolute Gasteiger partial charge is 0.481 e. The molecule has 5 heteroatoms. The van der Waals surface area contributed by atoms with Gasteiger partial charge in [0.05, 0.1) is 11.0 Å². The van der Waals surface area contributed by atoms with Crippen LogP contribution in [0.5, 0.6) is 0 Å². The Labute approximate surface area is 125 Å². The maximum Gasteiger partial charge on any atom is 0.310 e. The number of hydrogen-bond acceptors (Lipinski definition) is 4. The van der Waals surface area contributed by atoms with E-state index in [1.807, 2.05) is 18.7 Å². The number of ether oxygens (including phenoxy) is 1. The number of carboxylic acid groups (broad SMARTS) is 1. The summed E-state index contributed by atoms with van der Waals surface area (Å²) in [7, 11) is 0. The molecule has 3 heterocycles. The van der Waals surface area contributed by atoms with E-state index in [2.05, 4.69) is 4.90 Å². The van der Waals surface area contributed by atoms with E-state index in [-0.39, 0.29) is 5.60 Å². The van der Waals surface area contributed by atoms with Gasteiger partial charge in [0.15, 0.2) is 0 Å². The monoisotopic (exact) mass is 299 g/mol. The number of carbonyl (C=O) groups is 1. The molecule has 0 aliphatic carbocycles. The second kappa shape index (κ2) is 5.50. The molecule has 3 rings (SSSR count). The highest BCUT2D eigenvalue weighted by atomic mass is 32.2. The van der Waals surface area contributed by atoms with Crippen molar-refractivity contribution in [2.75, 3.05) is 31.2 Å². The highest BCUT2D eigenvalue weighted by Crippen LogP contribution is 2.41. The first-order valence-corrected chi connectivity index (χ1v) is 8.88. The molecule has 3 unspecified atom stereocenters. The van der Waals surface area contributed by atoms with Crippen molar-refractivity contribution in [3.8, 4) is 0 Å². The van der Waals surface area contributed by atoms with Crippen molar-refractivity contribution < 1.29 is 14.6 Å². The highest BCUT2D eigenvalue weighted by molar-refractivity contribution is 7.99. The average Bonchev–Trinajstić information content (AvgIpc) is 2.87. The Hall–Kier alpha value is -0.260. The standard InChI is InChI=1S/C15H25NO3S/c1-14(13(17)18)4-2-6-16(10-14)12-3-7-19-15(9-12)5-8-20-11-15/h12H,2-11H2,1H3,(H,17,18). The SMILES string of the molecule is CC1(C(=O)O)CCCN(C2CCOC3(CCSC3)C2)C1. The lowest BCUT2D eigenvalue weighted by Crippen LogP contribution is -2.54. The lowest BCUT2D eigenvalue weighted by atomic mass is 9.80. The topological polar surface area (TPSA) is 49.8 Å². The smallest absolute Gasteiger partial charge is 0.310 e. The zero-order valence-corrected chi connectivity index (χ0v) is 13.1. The van der Waals surface area contributed by atoms with Crippen molar-refractivity contribution in [3.63, 3.8) is 0 Å². The van der Waals surface area contributed by atoms with Crippen molar-refractivity contribution in [1.82, 2.24) is 4.90 Å². The van der Waals surface area contributed by atoms with Crippen LogP contribution in [0.3, 0.4) is 0 Å². The van der Waals surface area contributed by atoms with Crippen LogP contribution in [0.15, 0.2) is 0 Å². The number of likely N-dealkylation sites (tertiary alicyclic amines) is 1. The summed E-state index contributed by atoms with van der Waals surface area (Å²) in [5.41, 5.74) is -0.473. The first kappa shape index (κ1) is 14.7. The molecule has 3 aliphatic rings. The van der Waals surface area contributed by atoms with Gasteiger partial charge in [-0.3, -0.25) is 9.69 Å². The minimum Gasteiger partial charge on any atom is -0.481 e. The number of carboxylic acids is 1. The maximum absolute atomic E-state index is 11.5.